The summed E-state index contributed by atoms with van der Waals surface area (Å²) >= 11 is 0. The van der Waals surface area contributed by atoms with E-state index < -0.39 is 0 Å². The summed E-state index contributed by atoms with van der Waals surface area (Å²) in [4.78, 5) is 39.8. The fourth-order valence-electron chi connectivity index (χ4n) is 4.52. The highest BCUT2D eigenvalue weighted by molar-refractivity contribution is 6.35. The van der Waals surface area contributed by atoms with Crippen molar-refractivity contribution in [1.29, 1.82) is 0 Å². The molecule has 2 fully saturated rings. The molecule has 2 radical (unpaired) electrons. The molecule has 0 spiro atoms. The maximum Gasteiger partial charge on any atom is 0.253 e. The van der Waals surface area contributed by atoms with Gasteiger partial charge in [0.15, 0.2) is 0 Å². The first kappa shape index (κ1) is 24.0. The predicted octanol–water partition coefficient (Wildman–Crippen LogP) is 1.07. The van der Waals surface area contributed by atoms with Gasteiger partial charge in [0, 0.05) is 63.8 Å². The molecule has 1 saturated heterocycles. The Morgan fingerprint density at radius 2 is 1.79 bits per heavy atom. The molecule has 2 heterocycles. The molecule has 1 aromatic heterocycles. The number of benzene rings is 1. The van der Waals surface area contributed by atoms with E-state index >= 15 is 0 Å². The molecule has 34 heavy (non-hydrogen) atoms. The van der Waals surface area contributed by atoms with Crippen molar-refractivity contribution in [2.45, 2.75) is 25.3 Å². The highest BCUT2D eigenvalue weighted by Gasteiger charge is 2.34. The van der Waals surface area contributed by atoms with E-state index in [9.17, 15) is 9.59 Å². The molecule has 2 atom stereocenters. The van der Waals surface area contributed by atoms with Gasteiger partial charge in [-0.1, -0.05) is 6.42 Å². The van der Waals surface area contributed by atoms with Gasteiger partial charge in [0.2, 0.25) is 11.9 Å². The SMILES string of the molecule is [B]c1cnc(Nc2ccc(C(=O)N3CCN(C)CC3)cc2)nc1N[C@@H]1CCC[C@@H]1C(=O)N(C)C. The highest BCUT2D eigenvalue weighted by atomic mass is 16.2. The van der Waals surface area contributed by atoms with E-state index in [0.29, 0.717) is 22.8 Å². The molecule has 2 N–H and O–H groups in total. The van der Waals surface area contributed by atoms with Gasteiger partial charge in [-0.25, -0.2) is 4.98 Å². The summed E-state index contributed by atoms with van der Waals surface area (Å²) in [7, 11) is 11.7. The van der Waals surface area contributed by atoms with Gasteiger partial charge in [0.05, 0.1) is 5.92 Å². The third-order valence-electron chi connectivity index (χ3n) is 6.59. The van der Waals surface area contributed by atoms with Crippen molar-refractivity contribution in [3.8, 4) is 0 Å². The summed E-state index contributed by atoms with van der Waals surface area (Å²) in [5.74, 6) is 0.984. The first-order valence-electron chi connectivity index (χ1n) is 11.8. The molecule has 9 nitrogen and oxygen atoms in total. The van der Waals surface area contributed by atoms with E-state index in [4.69, 9.17) is 7.85 Å². The van der Waals surface area contributed by atoms with Gasteiger partial charge in [-0.3, -0.25) is 9.59 Å². The molecule has 2 aliphatic rings. The molecule has 0 bridgehead atoms. The zero-order valence-corrected chi connectivity index (χ0v) is 20.1. The molecular weight excluding hydrogens is 429 g/mol. The number of likely N-dealkylation sites (N-methyl/N-ethyl adjacent to an activating group) is 1. The number of nitrogens with zero attached hydrogens (tertiary/aromatic N) is 5. The van der Waals surface area contributed by atoms with E-state index in [1.165, 1.54) is 0 Å². The zero-order valence-electron chi connectivity index (χ0n) is 20.1. The van der Waals surface area contributed by atoms with Gasteiger partial charge in [0.1, 0.15) is 13.7 Å². The van der Waals surface area contributed by atoms with Crippen LogP contribution in [0.3, 0.4) is 0 Å². The van der Waals surface area contributed by atoms with Crippen molar-refractivity contribution in [2.75, 3.05) is 58.0 Å². The molecule has 1 aliphatic carbocycles. The lowest BCUT2D eigenvalue weighted by molar-refractivity contribution is -0.132. The number of piperazine rings is 1. The number of rotatable bonds is 6. The third-order valence-corrected chi connectivity index (χ3v) is 6.59. The molecule has 4 rings (SSSR count). The summed E-state index contributed by atoms with van der Waals surface area (Å²) in [5, 5.41) is 6.54. The minimum atomic E-state index is -0.0915. The fraction of sp³-hybridized carbons (Fsp3) is 0.500. The lowest BCUT2D eigenvalue weighted by atomic mass is 9.97. The summed E-state index contributed by atoms with van der Waals surface area (Å²) in [6.07, 6.45) is 4.28. The second kappa shape index (κ2) is 10.4. The molecule has 178 valence electrons. The molecule has 1 aliphatic heterocycles. The van der Waals surface area contributed by atoms with Crippen LogP contribution in [0.1, 0.15) is 29.6 Å². The predicted molar refractivity (Wildman–Crippen MR) is 134 cm³/mol. The highest BCUT2D eigenvalue weighted by Crippen LogP contribution is 2.29. The Morgan fingerprint density at radius 3 is 2.47 bits per heavy atom. The number of hydrogen-bond acceptors (Lipinski definition) is 7. The Bertz CT molecular complexity index is 1020. The van der Waals surface area contributed by atoms with Crippen LogP contribution in [0.25, 0.3) is 0 Å². The van der Waals surface area contributed by atoms with Gasteiger partial charge in [-0.15, -0.1) is 0 Å². The van der Waals surface area contributed by atoms with Crippen LogP contribution in [0.5, 0.6) is 0 Å². The van der Waals surface area contributed by atoms with Crippen molar-refractivity contribution in [1.82, 2.24) is 24.7 Å². The largest absolute Gasteiger partial charge is 0.367 e. The normalized spacial score (nSPS) is 20.7. The van der Waals surface area contributed by atoms with Gasteiger partial charge in [-0.2, -0.15) is 4.98 Å². The summed E-state index contributed by atoms with van der Waals surface area (Å²) in [5.41, 5.74) is 1.86. The van der Waals surface area contributed by atoms with Gasteiger partial charge < -0.3 is 25.3 Å². The Labute approximate surface area is 202 Å². The topological polar surface area (TPSA) is 93.7 Å². The average Bonchev–Trinajstić information content (AvgIpc) is 3.29. The second-order valence-corrected chi connectivity index (χ2v) is 9.32. The van der Waals surface area contributed by atoms with Crippen LogP contribution in [0.15, 0.2) is 30.5 Å². The van der Waals surface area contributed by atoms with Crippen LogP contribution in [-0.2, 0) is 4.79 Å². The molecule has 1 saturated carbocycles. The van der Waals surface area contributed by atoms with E-state index in [2.05, 4.69) is 32.5 Å². The van der Waals surface area contributed by atoms with Crippen LogP contribution >= 0.6 is 0 Å². The molecule has 0 unspecified atom stereocenters. The molecule has 10 heteroatoms. The van der Waals surface area contributed by atoms with Crippen LogP contribution in [-0.4, -0.2) is 97.7 Å². The zero-order chi connectivity index (χ0) is 24.2. The minimum absolute atomic E-state index is 0.0141. The van der Waals surface area contributed by atoms with Crippen molar-refractivity contribution in [2.24, 2.45) is 5.92 Å². The standard InChI is InChI=1S/C24H32BN7O2/c1-30(2)23(34)18-5-4-6-20(18)28-21-19(25)15-26-24(29-21)27-17-9-7-16(8-10-17)22(33)32-13-11-31(3)12-14-32/h7-10,15,18,20H,4-6,11-14H2,1-3H3,(H2,26,27,28,29)/t18-,20+/m0/s1. The number of carbonyl (C=O) groups excluding carboxylic acids is 2. The summed E-state index contributed by atoms with van der Waals surface area (Å²) in [6.45, 7) is 3.26. The Hall–Kier alpha value is -3.14. The van der Waals surface area contributed by atoms with E-state index in [1.807, 2.05) is 29.2 Å². The molecule has 2 aromatic rings. The minimum Gasteiger partial charge on any atom is -0.367 e. The second-order valence-electron chi connectivity index (χ2n) is 9.32. The number of nitrogens with one attached hydrogen (secondary N) is 2. The first-order valence-corrected chi connectivity index (χ1v) is 11.8. The molecule has 1 aromatic carbocycles. The number of amides is 2. The van der Waals surface area contributed by atoms with Crippen LogP contribution in [0.4, 0.5) is 17.5 Å². The van der Waals surface area contributed by atoms with Crippen molar-refractivity contribution < 1.29 is 9.59 Å². The van der Waals surface area contributed by atoms with Gasteiger partial charge in [0.25, 0.3) is 5.91 Å². The van der Waals surface area contributed by atoms with Crippen LogP contribution in [0.2, 0.25) is 0 Å². The lowest BCUT2D eigenvalue weighted by Gasteiger charge is -2.32. The number of carbonyl (C=O) groups is 2. The lowest BCUT2D eigenvalue weighted by Crippen LogP contribution is -2.47. The van der Waals surface area contributed by atoms with E-state index in [0.717, 1.165) is 51.1 Å². The first-order chi connectivity index (χ1) is 16.3. The number of anilines is 3. The Morgan fingerprint density at radius 1 is 1.09 bits per heavy atom. The smallest absolute Gasteiger partial charge is 0.253 e. The number of hydrogen-bond donors (Lipinski definition) is 2. The van der Waals surface area contributed by atoms with E-state index in [-0.39, 0.29) is 23.8 Å². The monoisotopic (exact) mass is 461 g/mol. The van der Waals surface area contributed by atoms with Crippen LogP contribution in [0, 0.1) is 5.92 Å². The maximum atomic E-state index is 12.8. The van der Waals surface area contributed by atoms with Crippen molar-refractivity contribution in [3.63, 3.8) is 0 Å². The van der Waals surface area contributed by atoms with Crippen LogP contribution < -0.4 is 16.1 Å². The fourth-order valence-corrected chi connectivity index (χ4v) is 4.52. The molecular formula is C24H32BN7O2. The van der Waals surface area contributed by atoms with Crippen molar-refractivity contribution >= 4 is 42.6 Å². The van der Waals surface area contributed by atoms with Gasteiger partial charge >= 0.3 is 0 Å². The van der Waals surface area contributed by atoms with E-state index in [1.54, 1.807) is 25.2 Å². The maximum absolute atomic E-state index is 12.8. The Balaban J connectivity index is 1.41. The quantitative estimate of drug-likeness (QED) is 0.622. The summed E-state index contributed by atoms with van der Waals surface area (Å²) < 4.78 is 0. The third kappa shape index (κ3) is 5.49. The van der Waals surface area contributed by atoms with Crippen molar-refractivity contribution in [3.05, 3.63) is 36.0 Å². The Kier molecular flexibility index (Phi) is 7.36. The number of aromatic nitrogens is 2. The summed E-state index contributed by atoms with van der Waals surface area (Å²) in [6, 6.07) is 7.31. The van der Waals surface area contributed by atoms with Gasteiger partial charge in [-0.05, 0) is 49.6 Å². The molecule has 2 amide bonds. The average molecular weight is 461 g/mol.